The third kappa shape index (κ3) is 3.43. The normalized spacial score (nSPS) is 17.7. The molecule has 1 amide bonds. The van der Waals surface area contributed by atoms with Crippen LogP contribution in [0, 0.1) is 5.92 Å². The lowest BCUT2D eigenvalue weighted by Crippen LogP contribution is -2.35. The fourth-order valence-electron chi connectivity index (χ4n) is 2.32. The number of carbonyl (C=O) groups is 1. The van der Waals surface area contributed by atoms with E-state index in [0.717, 1.165) is 12.8 Å². The van der Waals surface area contributed by atoms with Crippen molar-refractivity contribution in [2.24, 2.45) is 5.92 Å². The van der Waals surface area contributed by atoms with E-state index in [4.69, 9.17) is 11.6 Å². The second-order valence-electron chi connectivity index (χ2n) is 4.69. The first kappa shape index (κ1) is 13.3. The molecular weight excluding hydrogens is 252 g/mol. The second-order valence-corrected chi connectivity index (χ2v) is 5.08. The van der Waals surface area contributed by atoms with Crippen LogP contribution in [0.5, 0.6) is 0 Å². The number of aliphatic hydroxyl groups excluding tert-OH is 1. The molecule has 4 nitrogen and oxygen atoms in total. The third-order valence-corrected chi connectivity index (χ3v) is 3.63. The zero-order valence-electron chi connectivity index (χ0n) is 10.1. The highest BCUT2D eigenvalue weighted by molar-refractivity contribution is 6.29. The number of carbonyl (C=O) groups excluding carboxylic acids is 1. The van der Waals surface area contributed by atoms with Gasteiger partial charge in [0, 0.05) is 12.7 Å². The van der Waals surface area contributed by atoms with Crippen LogP contribution in [-0.4, -0.2) is 28.6 Å². The number of halogens is 1. The molecule has 1 heterocycles. The average molecular weight is 269 g/mol. The molecule has 1 atom stereocenters. The Morgan fingerprint density at radius 1 is 1.50 bits per heavy atom. The molecule has 5 heteroatoms. The van der Waals surface area contributed by atoms with Crippen LogP contribution in [0.1, 0.15) is 36.0 Å². The molecule has 1 saturated carbocycles. The zero-order valence-corrected chi connectivity index (χ0v) is 10.9. The van der Waals surface area contributed by atoms with Crippen molar-refractivity contribution < 1.29 is 9.90 Å². The largest absolute Gasteiger partial charge is 0.391 e. The smallest absolute Gasteiger partial charge is 0.252 e. The van der Waals surface area contributed by atoms with Crippen molar-refractivity contribution in [1.82, 2.24) is 10.3 Å². The molecular formula is C13H17ClN2O2. The molecule has 0 bridgehead atoms. The minimum Gasteiger partial charge on any atom is -0.391 e. The lowest BCUT2D eigenvalue weighted by Gasteiger charge is -2.17. The number of hydrogen-bond donors (Lipinski definition) is 2. The molecule has 0 saturated heterocycles. The van der Waals surface area contributed by atoms with Crippen LogP contribution in [0.2, 0.25) is 5.15 Å². The summed E-state index contributed by atoms with van der Waals surface area (Å²) < 4.78 is 0. The summed E-state index contributed by atoms with van der Waals surface area (Å²) in [5.41, 5.74) is 0.457. The van der Waals surface area contributed by atoms with Crippen LogP contribution < -0.4 is 5.32 Å². The molecule has 0 aliphatic heterocycles. The molecule has 1 fully saturated rings. The number of rotatable bonds is 4. The predicted octanol–water partition coefficient (Wildman–Crippen LogP) is 2.02. The predicted molar refractivity (Wildman–Crippen MR) is 69.5 cm³/mol. The van der Waals surface area contributed by atoms with Gasteiger partial charge in [0.2, 0.25) is 0 Å². The lowest BCUT2D eigenvalue weighted by atomic mass is 10.0. The molecule has 0 radical (unpaired) electrons. The Morgan fingerprint density at radius 2 is 2.22 bits per heavy atom. The second kappa shape index (κ2) is 6.16. The van der Waals surface area contributed by atoms with Gasteiger partial charge in [-0.3, -0.25) is 4.79 Å². The first-order valence-corrected chi connectivity index (χ1v) is 6.62. The van der Waals surface area contributed by atoms with Gasteiger partial charge in [0.25, 0.3) is 5.91 Å². The summed E-state index contributed by atoms with van der Waals surface area (Å²) in [5.74, 6) is 0.102. The van der Waals surface area contributed by atoms with Crippen LogP contribution in [0.15, 0.2) is 18.3 Å². The van der Waals surface area contributed by atoms with E-state index in [1.54, 1.807) is 12.1 Å². The van der Waals surface area contributed by atoms with Gasteiger partial charge in [-0.05, 0) is 30.9 Å². The van der Waals surface area contributed by atoms with Crippen molar-refractivity contribution in [3.63, 3.8) is 0 Å². The molecule has 1 aromatic heterocycles. The Labute approximate surface area is 111 Å². The van der Waals surface area contributed by atoms with Crippen molar-refractivity contribution in [1.29, 1.82) is 0 Å². The summed E-state index contributed by atoms with van der Waals surface area (Å²) in [6.45, 7) is 0.298. The number of aliphatic hydroxyl groups is 1. The Hall–Kier alpha value is -1.13. The standard InChI is InChI=1S/C13H17ClN2O2/c14-12-6-5-10(7-15-12)13(18)16-8-11(17)9-3-1-2-4-9/h5-7,9,11,17H,1-4,8H2,(H,16,18). The van der Waals surface area contributed by atoms with Crippen LogP contribution in [-0.2, 0) is 0 Å². The molecule has 1 aromatic rings. The minimum atomic E-state index is -0.447. The molecule has 98 valence electrons. The maximum Gasteiger partial charge on any atom is 0.252 e. The van der Waals surface area contributed by atoms with E-state index in [9.17, 15) is 9.90 Å². The highest BCUT2D eigenvalue weighted by atomic mass is 35.5. The van der Waals surface area contributed by atoms with Crippen molar-refractivity contribution in [2.75, 3.05) is 6.54 Å². The molecule has 0 aromatic carbocycles. The third-order valence-electron chi connectivity index (χ3n) is 3.41. The van der Waals surface area contributed by atoms with Gasteiger partial charge >= 0.3 is 0 Å². The first-order valence-electron chi connectivity index (χ1n) is 6.24. The number of hydrogen-bond acceptors (Lipinski definition) is 3. The fourth-order valence-corrected chi connectivity index (χ4v) is 2.43. The molecule has 18 heavy (non-hydrogen) atoms. The molecule has 2 N–H and O–H groups in total. The van der Waals surface area contributed by atoms with Gasteiger partial charge in [-0.2, -0.15) is 0 Å². The van der Waals surface area contributed by atoms with Gasteiger partial charge in [0.1, 0.15) is 5.15 Å². The van der Waals surface area contributed by atoms with E-state index in [1.165, 1.54) is 19.0 Å². The summed E-state index contributed by atoms with van der Waals surface area (Å²) in [4.78, 5) is 15.6. The fraction of sp³-hybridized carbons (Fsp3) is 0.538. The van der Waals surface area contributed by atoms with E-state index >= 15 is 0 Å². The molecule has 0 spiro atoms. The Bertz CT molecular complexity index is 402. The molecule has 1 aliphatic carbocycles. The van der Waals surface area contributed by atoms with E-state index < -0.39 is 6.10 Å². The van der Waals surface area contributed by atoms with Crippen LogP contribution >= 0.6 is 11.6 Å². The Kier molecular flexibility index (Phi) is 4.55. The number of aromatic nitrogens is 1. The monoisotopic (exact) mass is 268 g/mol. The number of pyridine rings is 1. The average Bonchev–Trinajstić information content (AvgIpc) is 2.90. The van der Waals surface area contributed by atoms with Crippen molar-refractivity contribution in [3.8, 4) is 0 Å². The highest BCUT2D eigenvalue weighted by Crippen LogP contribution is 2.27. The summed E-state index contributed by atoms with van der Waals surface area (Å²) in [6, 6.07) is 3.19. The topological polar surface area (TPSA) is 62.2 Å². The van der Waals surface area contributed by atoms with Gasteiger partial charge < -0.3 is 10.4 Å². The van der Waals surface area contributed by atoms with E-state index in [1.807, 2.05) is 0 Å². The van der Waals surface area contributed by atoms with E-state index in [0.29, 0.717) is 23.2 Å². The maximum atomic E-state index is 11.8. The van der Waals surface area contributed by atoms with Gasteiger partial charge in [0.15, 0.2) is 0 Å². The quantitative estimate of drug-likeness (QED) is 0.821. The summed E-state index contributed by atoms with van der Waals surface area (Å²) >= 11 is 5.65. The SMILES string of the molecule is O=C(NCC(O)C1CCCC1)c1ccc(Cl)nc1. The van der Waals surface area contributed by atoms with Gasteiger partial charge in [0.05, 0.1) is 11.7 Å². The highest BCUT2D eigenvalue weighted by Gasteiger charge is 2.23. The van der Waals surface area contributed by atoms with Crippen LogP contribution in [0.25, 0.3) is 0 Å². The first-order chi connectivity index (χ1) is 8.66. The Morgan fingerprint density at radius 3 is 2.83 bits per heavy atom. The number of amides is 1. The molecule has 1 unspecified atom stereocenters. The van der Waals surface area contributed by atoms with Crippen molar-refractivity contribution in [2.45, 2.75) is 31.8 Å². The van der Waals surface area contributed by atoms with Crippen LogP contribution in [0.4, 0.5) is 0 Å². The molecule has 2 rings (SSSR count). The number of nitrogens with one attached hydrogen (secondary N) is 1. The van der Waals surface area contributed by atoms with E-state index in [2.05, 4.69) is 10.3 Å². The van der Waals surface area contributed by atoms with Gasteiger partial charge in [-0.15, -0.1) is 0 Å². The lowest BCUT2D eigenvalue weighted by molar-refractivity contribution is 0.0840. The van der Waals surface area contributed by atoms with Gasteiger partial charge in [-0.1, -0.05) is 24.4 Å². The van der Waals surface area contributed by atoms with Crippen molar-refractivity contribution in [3.05, 3.63) is 29.0 Å². The summed E-state index contributed by atoms with van der Waals surface area (Å²) in [6.07, 6.45) is 5.45. The zero-order chi connectivity index (χ0) is 13.0. The number of nitrogens with zero attached hydrogens (tertiary/aromatic N) is 1. The molecule has 1 aliphatic rings. The van der Waals surface area contributed by atoms with Gasteiger partial charge in [-0.25, -0.2) is 4.98 Å². The Balaban J connectivity index is 1.82. The summed E-state index contributed by atoms with van der Waals surface area (Å²) in [7, 11) is 0. The van der Waals surface area contributed by atoms with Crippen molar-refractivity contribution >= 4 is 17.5 Å². The van der Waals surface area contributed by atoms with Crippen LogP contribution in [0.3, 0.4) is 0 Å². The maximum absolute atomic E-state index is 11.8. The van der Waals surface area contributed by atoms with E-state index in [-0.39, 0.29) is 5.91 Å². The minimum absolute atomic E-state index is 0.226. The summed E-state index contributed by atoms with van der Waals surface area (Å²) in [5, 5.41) is 13.0.